The zero-order chi connectivity index (χ0) is 20.8. The van der Waals surface area contributed by atoms with Crippen molar-refractivity contribution in [1.29, 1.82) is 0 Å². The van der Waals surface area contributed by atoms with Crippen LogP contribution in [0.25, 0.3) is 10.9 Å². The van der Waals surface area contributed by atoms with Crippen LogP contribution in [0.2, 0.25) is 0 Å². The van der Waals surface area contributed by atoms with Gasteiger partial charge in [-0.25, -0.2) is 4.79 Å². The molecule has 0 fully saturated rings. The van der Waals surface area contributed by atoms with Gasteiger partial charge in [0.1, 0.15) is 0 Å². The fraction of sp³-hybridized carbons (Fsp3) is 0.227. The van der Waals surface area contributed by atoms with Gasteiger partial charge in [-0.2, -0.15) is 0 Å². The summed E-state index contributed by atoms with van der Waals surface area (Å²) in [6.45, 7) is 3.75. The Balaban J connectivity index is 1.41. The fourth-order valence-corrected chi connectivity index (χ4v) is 3.04. The van der Waals surface area contributed by atoms with Gasteiger partial charge in [0, 0.05) is 23.9 Å². The number of fused-ring (bicyclic) bond motifs is 1. The van der Waals surface area contributed by atoms with Crippen molar-refractivity contribution in [2.24, 2.45) is 0 Å². The lowest BCUT2D eigenvalue weighted by atomic mass is 10.1. The maximum atomic E-state index is 11.9. The minimum atomic E-state index is -0.688. The Bertz CT molecular complexity index is 1060. The highest BCUT2D eigenvalue weighted by molar-refractivity contribution is 6.02. The highest BCUT2D eigenvalue weighted by atomic mass is 16.5. The summed E-state index contributed by atoms with van der Waals surface area (Å²) in [5, 5.41) is 5.84. The molecule has 3 aromatic rings. The molecular formula is C22H23N3O4. The lowest BCUT2D eigenvalue weighted by molar-refractivity contribution is -0.148. The number of carbonyl (C=O) groups excluding carboxylic acids is 3. The van der Waals surface area contributed by atoms with Crippen molar-refractivity contribution in [3.05, 3.63) is 65.9 Å². The van der Waals surface area contributed by atoms with E-state index in [0.717, 1.165) is 22.0 Å². The van der Waals surface area contributed by atoms with Gasteiger partial charge in [0.15, 0.2) is 6.61 Å². The van der Waals surface area contributed by atoms with E-state index >= 15 is 0 Å². The number of para-hydroxylation sites is 1. The maximum absolute atomic E-state index is 11.9. The summed E-state index contributed by atoms with van der Waals surface area (Å²) < 4.78 is 6.91. The van der Waals surface area contributed by atoms with Gasteiger partial charge in [-0.15, -0.1) is 0 Å². The second-order valence-electron chi connectivity index (χ2n) is 6.80. The van der Waals surface area contributed by atoms with E-state index in [2.05, 4.69) is 10.6 Å². The maximum Gasteiger partial charge on any atom is 0.325 e. The molecule has 29 heavy (non-hydrogen) atoms. The summed E-state index contributed by atoms with van der Waals surface area (Å²) in [5.41, 5.74) is 3.60. The van der Waals surface area contributed by atoms with Crippen LogP contribution in [0.15, 0.2) is 54.7 Å². The molecule has 2 aromatic carbocycles. The van der Waals surface area contributed by atoms with Gasteiger partial charge in [-0.3, -0.25) is 14.9 Å². The number of carbonyl (C=O) groups is 3. The predicted octanol–water partition coefficient (Wildman–Crippen LogP) is 3.54. The van der Waals surface area contributed by atoms with E-state index in [0.29, 0.717) is 12.2 Å². The lowest BCUT2D eigenvalue weighted by Crippen LogP contribution is -2.37. The smallest absolute Gasteiger partial charge is 0.325 e. The zero-order valence-electron chi connectivity index (χ0n) is 16.4. The third kappa shape index (κ3) is 5.44. The van der Waals surface area contributed by atoms with Crippen LogP contribution >= 0.6 is 0 Å². The van der Waals surface area contributed by atoms with Crippen molar-refractivity contribution in [3.63, 3.8) is 0 Å². The zero-order valence-corrected chi connectivity index (χ0v) is 16.4. The van der Waals surface area contributed by atoms with E-state index in [1.54, 1.807) is 6.07 Å². The van der Waals surface area contributed by atoms with Crippen LogP contribution in [0, 0.1) is 13.8 Å². The van der Waals surface area contributed by atoms with Crippen molar-refractivity contribution < 1.29 is 19.1 Å². The van der Waals surface area contributed by atoms with Crippen LogP contribution in [0.4, 0.5) is 10.5 Å². The minimum absolute atomic E-state index is 0.126. The molecule has 0 saturated carbocycles. The number of aryl methyl sites for hydroxylation is 3. The number of amides is 3. The molecule has 1 heterocycles. The monoisotopic (exact) mass is 393 g/mol. The molecule has 0 aliphatic carbocycles. The quantitative estimate of drug-likeness (QED) is 0.627. The number of hydrogen-bond donors (Lipinski definition) is 2. The summed E-state index contributed by atoms with van der Waals surface area (Å²) in [6, 6.07) is 14.7. The highest BCUT2D eigenvalue weighted by Crippen LogP contribution is 2.16. The summed E-state index contributed by atoms with van der Waals surface area (Å²) in [6.07, 6.45) is 2.03. The molecule has 0 bridgehead atoms. The van der Waals surface area contributed by atoms with Gasteiger partial charge in [0.25, 0.3) is 5.91 Å². The normalized spacial score (nSPS) is 10.6. The number of aromatic nitrogens is 1. The second-order valence-corrected chi connectivity index (χ2v) is 6.80. The number of anilines is 1. The number of benzene rings is 2. The molecule has 0 saturated heterocycles. The topological polar surface area (TPSA) is 89.4 Å². The molecule has 0 aliphatic rings. The fourth-order valence-electron chi connectivity index (χ4n) is 3.04. The molecular weight excluding hydrogens is 370 g/mol. The standard InChI is InChI=1S/C22H23N3O4/c1-15-7-8-18(16(2)13-15)23-22(28)24-20(26)14-29-21(27)10-12-25-11-9-17-5-3-4-6-19(17)25/h3-9,11,13H,10,12,14H2,1-2H3,(H2,23,24,26,28). The Labute approximate surface area is 168 Å². The van der Waals surface area contributed by atoms with Crippen molar-refractivity contribution in [2.75, 3.05) is 11.9 Å². The molecule has 3 amide bonds. The Kier molecular flexibility index (Phi) is 6.29. The molecule has 1 aromatic heterocycles. The number of nitrogens with zero attached hydrogens (tertiary/aromatic N) is 1. The first-order valence-corrected chi connectivity index (χ1v) is 9.30. The van der Waals surface area contributed by atoms with Gasteiger partial charge in [0.2, 0.25) is 0 Å². The van der Waals surface area contributed by atoms with Crippen LogP contribution in [0.5, 0.6) is 0 Å². The number of ether oxygens (including phenoxy) is 1. The molecule has 3 rings (SSSR count). The molecule has 0 unspecified atom stereocenters. The summed E-state index contributed by atoms with van der Waals surface area (Å²) in [5.74, 6) is -1.19. The molecule has 7 heteroatoms. The van der Waals surface area contributed by atoms with Gasteiger partial charge < -0.3 is 14.6 Å². The van der Waals surface area contributed by atoms with E-state index in [-0.39, 0.29) is 6.42 Å². The van der Waals surface area contributed by atoms with Crippen LogP contribution in [0.3, 0.4) is 0 Å². The Morgan fingerprint density at radius 1 is 1.03 bits per heavy atom. The number of imide groups is 1. The van der Waals surface area contributed by atoms with Crippen LogP contribution in [-0.2, 0) is 20.9 Å². The molecule has 0 atom stereocenters. The van der Waals surface area contributed by atoms with E-state index in [4.69, 9.17) is 4.74 Å². The average molecular weight is 393 g/mol. The van der Waals surface area contributed by atoms with E-state index in [1.807, 2.05) is 67.1 Å². The number of rotatable bonds is 6. The third-order valence-corrected chi connectivity index (χ3v) is 4.48. The van der Waals surface area contributed by atoms with Gasteiger partial charge >= 0.3 is 12.0 Å². The molecule has 0 aliphatic heterocycles. The van der Waals surface area contributed by atoms with E-state index < -0.39 is 24.5 Å². The summed E-state index contributed by atoms with van der Waals surface area (Å²) >= 11 is 0. The molecule has 7 nitrogen and oxygen atoms in total. The van der Waals surface area contributed by atoms with Crippen molar-refractivity contribution in [3.8, 4) is 0 Å². The summed E-state index contributed by atoms with van der Waals surface area (Å²) in [7, 11) is 0. The highest BCUT2D eigenvalue weighted by Gasteiger charge is 2.12. The second kappa shape index (κ2) is 9.05. The molecule has 150 valence electrons. The number of urea groups is 1. The van der Waals surface area contributed by atoms with Crippen molar-refractivity contribution in [1.82, 2.24) is 9.88 Å². The van der Waals surface area contributed by atoms with Crippen LogP contribution < -0.4 is 10.6 Å². The lowest BCUT2D eigenvalue weighted by Gasteiger charge is -2.10. The van der Waals surface area contributed by atoms with Crippen LogP contribution in [-0.4, -0.2) is 29.1 Å². The largest absolute Gasteiger partial charge is 0.456 e. The first kappa shape index (κ1) is 20.1. The summed E-state index contributed by atoms with van der Waals surface area (Å²) in [4.78, 5) is 35.7. The van der Waals surface area contributed by atoms with Gasteiger partial charge in [-0.05, 0) is 43.0 Å². The molecule has 0 radical (unpaired) electrons. The van der Waals surface area contributed by atoms with E-state index in [9.17, 15) is 14.4 Å². The molecule has 0 spiro atoms. The van der Waals surface area contributed by atoms with E-state index in [1.165, 1.54) is 0 Å². The molecule has 2 N–H and O–H groups in total. The average Bonchev–Trinajstić information content (AvgIpc) is 3.10. The third-order valence-electron chi connectivity index (χ3n) is 4.48. The van der Waals surface area contributed by atoms with Crippen molar-refractivity contribution >= 4 is 34.5 Å². The number of nitrogens with one attached hydrogen (secondary N) is 2. The first-order chi connectivity index (χ1) is 13.9. The number of hydrogen-bond acceptors (Lipinski definition) is 4. The number of esters is 1. The minimum Gasteiger partial charge on any atom is -0.456 e. The first-order valence-electron chi connectivity index (χ1n) is 9.30. The van der Waals surface area contributed by atoms with Crippen LogP contribution in [0.1, 0.15) is 17.5 Å². The predicted molar refractivity (Wildman–Crippen MR) is 111 cm³/mol. The Hall–Kier alpha value is -3.61. The Morgan fingerprint density at radius 3 is 2.62 bits per heavy atom. The van der Waals surface area contributed by atoms with Gasteiger partial charge in [-0.1, -0.05) is 35.9 Å². The van der Waals surface area contributed by atoms with Gasteiger partial charge in [0.05, 0.1) is 6.42 Å². The SMILES string of the molecule is Cc1ccc(NC(=O)NC(=O)COC(=O)CCn2ccc3ccccc32)c(C)c1. The Morgan fingerprint density at radius 2 is 1.83 bits per heavy atom. The van der Waals surface area contributed by atoms with Crippen molar-refractivity contribution in [2.45, 2.75) is 26.8 Å².